The molecule has 2 aromatic heterocycles. The number of aromatic nitrogens is 4. The van der Waals surface area contributed by atoms with E-state index in [1.807, 2.05) is 6.07 Å². The van der Waals surface area contributed by atoms with Gasteiger partial charge in [-0.25, -0.2) is 9.67 Å². The molecule has 22 heavy (non-hydrogen) atoms. The van der Waals surface area contributed by atoms with Crippen LogP contribution in [0.15, 0.2) is 12.1 Å². The summed E-state index contributed by atoms with van der Waals surface area (Å²) in [6, 6.07) is 3.58. The quantitative estimate of drug-likeness (QED) is 0.835. The Morgan fingerprint density at radius 3 is 2.55 bits per heavy atom. The van der Waals surface area contributed by atoms with E-state index >= 15 is 0 Å². The normalized spacial score (nSPS) is 11.0. The molecule has 0 amide bonds. The average Bonchev–Trinajstić information content (AvgIpc) is 2.88. The summed E-state index contributed by atoms with van der Waals surface area (Å²) in [7, 11) is 3.10. The number of aliphatic hydroxyl groups is 1. The van der Waals surface area contributed by atoms with Gasteiger partial charge >= 0.3 is 0 Å². The molecule has 0 fully saturated rings. The molecule has 0 saturated carbocycles. The fourth-order valence-corrected chi connectivity index (χ4v) is 2.15. The van der Waals surface area contributed by atoms with Gasteiger partial charge in [-0.1, -0.05) is 13.8 Å². The highest BCUT2D eigenvalue weighted by atomic mass is 16.5. The summed E-state index contributed by atoms with van der Waals surface area (Å²) < 4.78 is 12.1. The van der Waals surface area contributed by atoms with Gasteiger partial charge in [-0.15, -0.1) is 0 Å². The van der Waals surface area contributed by atoms with Crippen molar-refractivity contribution in [3.63, 3.8) is 0 Å². The lowest BCUT2D eigenvalue weighted by atomic mass is 10.1. The smallest absolute Gasteiger partial charge is 0.227 e. The van der Waals surface area contributed by atoms with Crippen LogP contribution in [-0.4, -0.2) is 45.7 Å². The molecule has 0 radical (unpaired) electrons. The second-order valence-corrected chi connectivity index (χ2v) is 5.31. The van der Waals surface area contributed by atoms with E-state index in [0.717, 1.165) is 17.8 Å². The molecule has 1 N–H and O–H groups in total. The maximum absolute atomic E-state index is 9.24. The van der Waals surface area contributed by atoms with Crippen LogP contribution in [0.2, 0.25) is 0 Å². The van der Waals surface area contributed by atoms with Crippen LogP contribution in [-0.2, 0) is 13.0 Å². The van der Waals surface area contributed by atoms with Gasteiger partial charge < -0.3 is 14.6 Å². The number of hydrogen-bond donors (Lipinski definition) is 1. The van der Waals surface area contributed by atoms with Crippen molar-refractivity contribution in [1.29, 1.82) is 0 Å². The van der Waals surface area contributed by atoms with Crippen LogP contribution in [0.1, 0.15) is 19.7 Å². The predicted octanol–water partition coefficient (Wildman–Crippen LogP) is 1.55. The molecule has 7 nitrogen and oxygen atoms in total. The van der Waals surface area contributed by atoms with Gasteiger partial charge in [-0.05, 0) is 12.0 Å². The standard InChI is InChI=1S/C15H22N4O3/c1-10(2)9-12-16-14(19(18-12)7-8-20)11-5-6-13(21-3)17-15(11)22-4/h5-6,10,20H,7-9H2,1-4H3. The van der Waals surface area contributed by atoms with Crippen LogP contribution in [0.25, 0.3) is 11.4 Å². The predicted molar refractivity (Wildman–Crippen MR) is 82.0 cm³/mol. The van der Waals surface area contributed by atoms with Gasteiger partial charge in [0, 0.05) is 12.5 Å². The van der Waals surface area contributed by atoms with E-state index in [1.165, 1.54) is 0 Å². The highest BCUT2D eigenvalue weighted by Gasteiger charge is 2.18. The molecule has 0 spiro atoms. The molecule has 0 aromatic carbocycles. The van der Waals surface area contributed by atoms with Crippen molar-refractivity contribution in [1.82, 2.24) is 19.7 Å². The third kappa shape index (κ3) is 3.54. The van der Waals surface area contributed by atoms with Crippen molar-refractivity contribution < 1.29 is 14.6 Å². The highest BCUT2D eigenvalue weighted by molar-refractivity contribution is 5.62. The minimum atomic E-state index is -0.0105. The summed E-state index contributed by atoms with van der Waals surface area (Å²) in [5.74, 6) is 2.72. The molecule has 2 heterocycles. The first-order valence-corrected chi connectivity index (χ1v) is 7.23. The largest absolute Gasteiger partial charge is 0.481 e. The van der Waals surface area contributed by atoms with Crippen molar-refractivity contribution in [2.45, 2.75) is 26.8 Å². The number of ether oxygens (including phenoxy) is 2. The lowest BCUT2D eigenvalue weighted by molar-refractivity contribution is 0.269. The first-order chi connectivity index (χ1) is 10.6. The minimum absolute atomic E-state index is 0.0105. The molecule has 0 unspecified atom stereocenters. The number of pyridine rings is 1. The molecule has 0 aliphatic rings. The first kappa shape index (κ1) is 16.2. The number of nitrogens with zero attached hydrogens (tertiary/aromatic N) is 4. The molecule has 2 aromatic rings. The molecule has 0 aliphatic heterocycles. The van der Waals surface area contributed by atoms with Crippen molar-refractivity contribution in [2.75, 3.05) is 20.8 Å². The summed E-state index contributed by atoms with van der Waals surface area (Å²) in [4.78, 5) is 8.85. The van der Waals surface area contributed by atoms with Crippen molar-refractivity contribution in [3.8, 4) is 23.1 Å². The van der Waals surface area contributed by atoms with Crippen molar-refractivity contribution in [3.05, 3.63) is 18.0 Å². The first-order valence-electron chi connectivity index (χ1n) is 7.23. The maximum Gasteiger partial charge on any atom is 0.227 e. The van der Waals surface area contributed by atoms with Crippen LogP contribution in [0.5, 0.6) is 11.8 Å². The molecule has 0 saturated heterocycles. The summed E-state index contributed by atoms with van der Waals surface area (Å²) in [5.41, 5.74) is 0.722. The summed E-state index contributed by atoms with van der Waals surface area (Å²) >= 11 is 0. The average molecular weight is 306 g/mol. The molecule has 0 bridgehead atoms. The van der Waals surface area contributed by atoms with Crippen LogP contribution in [0.4, 0.5) is 0 Å². The number of rotatable bonds is 7. The Labute approximate surface area is 129 Å². The highest BCUT2D eigenvalue weighted by Crippen LogP contribution is 2.29. The summed E-state index contributed by atoms with van der Waals surface area (Å²) in [5, 5.41) is 13.7. The van der Waals surface area contributed by atoms with E-state index in [0.29, 0.717) is 30.0 Å². The topological polar surface area (TPSA) is 82.3 Å². The zero-order chi connectivity index (χ0) is 16.1. The second-order valence-electron chi connectivity index (χ2n) is 5.31. The molecule has 2 rings (SSSR count). The Balaban J connectivity index is 2.47. The van der Waals surface area contributed by atoms with E-state index in [-0.39, 0.29) is 6.61 Å². The van der Waals surface area contributed by atoms with E-state index in [9.17, 15) is 5.11 Å². The lowest BCUT2D eigenvalue weighted by Gasteiger charge is -2.09. The molecule has 0 atom stereocenters. The van der Waals surface area contributed by atoms with E-state index in [2.05, 4.69) is 28.9 Å². The van der Waals surface area contributed by atoms with Gasteiger partial charge in [-0.3, -0.25) is 0 Å². The maximum atomic E-state index is 9.24. The molecule has 7 heteroatoms. The SMILES string of the molecule is COc1ccc(-c2nc(CC(C)C)nn2CCO)c(OC)n1. The van der Waals surface area contributed by atoms with Gasteiger partial charge in [-0.2, -0.15) is 10.1 Å². The van der Waals surface area contributed by atoms with Crippen LogP contribution >= 0.6 is 0 Å². The zero-order valence-electron chi connectivity index (χ0n) is 13.4. The zero-order valence-corrected chi connectivity index (χ0v) is 13.4. The van der Waals surface area contributed by atoms with Gasteiger partial charge in [0.25, 0.3) is 0 Å². The molecule has 0 aliphatic carbocycles. The summed E-state index contributed by atoms with van der Waals surface area (Å²) in [6.45, 7) is 4.59. The molecule has 120 valence electrons. The number of aliphatic hydroxyl groups excluding tert-OH is 1. The van der Waals surface area contributed by atoms with Crippen LogP contribution in [0.3, 0.4) is 0 Å². The Kier molecular flexibility index (Phi) is 5.32. The summed E-state index contributed by atoms with van der Waals surface area (Å²) in [6.07, 6.45) is 0.775. The Morgan fingerprint density at radius 1 is 1.18 bits per heavy atom. The van der Waals surface area contributed by atoms with E-state index in [1.54, 1.807) is 25.0 Å². The van der Waals surface area contributed by atoms with Crippen molar-refractivity contribution >= 4 is 0 Å². The van der Waals surface area contributed by atoms with Gasteiger partial charge in [0.05, 0.1) is 32.9 Å². The van der Waals surface area contributed by atoms with Crippen molar-refractivity contribution in [2.24, 2.45) is 5.92 Å². The third-order valence-electron chi connectivity index (χ3n) is 3.10. The van der Waals surface area contributed by atoms with Crippen LogP contribution < -0.4 is 9.47 Å². The fraction of sp³-hybridized carbons (Fsp3) is 0.533. The van der Waals surface area contributed by atoms with Crippen LogP contribution in [0, 0.1) is 5.92 Å². The second kappa shape index (κ2) is 7.22. The number of hydrogen-bond acceptors (Lipinski definition) is 6. The van der Waals surface area contributed by atoms with E-state index < -0.39 is 0 Å². The fourth-order valence-electron chi connectivity index (χ4n) is 2.15. The van der Waals surface area contributed by atoms with E-state index in [4.69, 9.17) is 9.47 Å². The third-order valence-corrected chi connectivity index (χ3v) is 3.10. The van der Waals surface area contributed by atoms with Gasteiger partial charge in [0.2, 0.25) is 11.8 Å². The Hall–Kier alpha value is -2.15. The Morgan fingerprint density at radius 2 is 1.95 bits per heavy atom. The number of methoxy groups -OCH3 is 2. The minimum Gasteiger partial charge on any atom is -0.481 e. The monoisotopic (exact) mass is 306 g/mol. The van der Waals surface area contributed by atoms with Gasteiger partial charge in [0.15, 0.2) is 11.6 Å². The molecular weight excluding hydrogens is 284 g/mol. The Bertz CT molecular complexity index is 625. The molecular formula is C15H22N4O3. The lowest BCUT2D eigenvalue weighted by Crippen LogP contribution is -2.07. The van der Waals surface area contributed by atoms with Gasteiger partial charge in [0.1, 0.15) is 0 Å².